The van der Waals surface area contributed by atoms with E-state index in [9.17, 15) is 8.42 Å². The number of rotatable bonds is 6. The monoisotopic (exact) mass is 320 g/mol. The van der Waals surface area contributed by atoms with Crippen LogP contribution in [0, 0.1) is 6.92 Å². The Morgan fingerprint density at radius 1 is 1.27 bits per heavy atom. The van der Waals surface area contributed by atoms with Crippen LogP contribution < -0.4 is 9.46 Å². The fourth-order valence-electron chi connectivity index (χ4n) is 2.23. The molecule has 0 amide bonds. The minimum atomic E-state index is -3.56. The van der Waals surface area contributed by atoms with E-state index in [1.165, 1.54) is 0 Å². The molecule has 1 N–H and O–H groups in total. The molecule has 0 aliphatic rings. The van der Waals surface area contributed by atoms with Gasteiger partial charge >= 0.3 is 0 Å². The lowest BCUT2D eigenvalue weighted by Crippen LogP contribution is -2.34. The Hall–Kier alpha value is -1.92. The topological polar surface area (TPSA) is 68.3 Å². The molecular weight excluding hydrogens is 300 g/mol. The maximum atomic E-state index is 12.4. The third kappa shape index (κ3) is 4.05. The minimum Gasteiger partial charge on any atom is -0.496 e. The van der Waals surface area contributed by atoms with Crippen LogP contribution in [0.3, 0.4) is 0 Å². The van der Waals surface area contributed by atoms with Crippen molar-refractivity contribution >= 4 is 10.0 Å². The largest absolute Gasteiger partial charge is 0.496 e. The number of methoxy groups -OCH3 is 1. The highest BCUT2D eigenvalue weighted by Gasteiger charge is 2.18. The Morgan fingerprint density at radius 2 is 2.05 bits per heavy atom. The van der Waals surface area contributed by atoms with Crippen LogP contribution in [0.1, 0.15) is 18.2 Å². The molecule has 0 saturated heterocycles. The number of aromatic nitrogens is 1. The number of hydrogen-bond acceptors (Lipinski definition) is 4. The van der Waals surface area contributed by atoms with E-state index in [4.69, 9.17) is 4.74 Å². The van der Waals surface area contributed by atoms with Gasteiger partial charge in [0.15, 0.2) is 0 Å². The molecule has 0 bridgehead atoms. The van der Waals surface area contributed by atoms with Crippen molar-refractivity contribution in [2.24, 2.45) is 0 Å². The van der Waals surface area contributed by atoms with Gasteiger partial charge in [-0.05, 0) is 49.7 Å². The summed E-state index contributed by atoms with van der Waals surface area (Å²) >= 11 is 0. The van der Waals surface area contributed by atoms with Gasteiger partial charge in [-0.2, -0.15) is 0 Å². The first-order chi connectivity index (χ1) is 10.4. The van der Waals surface area contributed by atoms with Crippen molar-refractivity contribution in [3.63, 3.8) is 0 Å². The summed E-state index contributed by atoms with van der Waals surface area (Å²) in [5, 5.41) is 0. The van der Waals surface area contributed by atoms with Gasteiger partial charge in [0.05, 0.1) is 12.0 Å². The van der Waals surface area contributed by atoms with Crippen LogP contribution in [0.25, 0.3) is 0 Å². The van der Waals surface area contributed by atoms with E-state index in [0.717, 1.165) is 11.3 Å². The fraction of sp³-hybridized carbons (Fsp3) is 0.312. The molecule has 0 saturated carbocycles. The highest BCUT2D eigenvalue weighted by atomic mass is 32.2. The number of ether oxygens (including phenoxy) is 1. The highest BCUT2D eigenvalue weighted by Crippen LogP contribution is 2.21. The number of aryl methyl sites for hydroxylation is 1. The van der Waals surface area contributed by atoms with Crippen LogP contribution in [-0.4, -0.2) is 26.6 Å². The van der Waals surface area contributed by atoms with Crippen molar-refractivity contribution in [1.82, 2.24) is 9.71 Å². The number of nitrogens with zero attached hydrogens (tertiary/aromatic N) is 1. The third-order valence-electron chi connectivity index (χ3n) is 3.27. The van der Waals surface area contributed by atoms with E-state index in [1.807, 2.05) is 32.0 Å². The summed E-state index contributed by atoms with van der Waals surface area (Å²) in [4.78, 5) is 4.44. The van der Waals surface area contributed by atoms with Gasteiger partial charge in [0.1, 0.15) is 5.75 Å². The zero-order chi connectivity index (χ0) is 16.2. The molecular formula is C16H20N2O3S. The summed E-state index contributed by atoms with van der Waals surface area (Å²) in [7, 11) is -2.00. The summed E-state index contributed by atoms with van der Waals surface area (Å²) in [5.74, 6) is 0.667. The van der Waals surface area contributed by atoms with Crippen molar-refractivity contribution in [2.45, 2.75) is 31.2 Å². The Balaban J connectivity index is 2.12. The van der Waals surface area contributed by atoms with Crippen LogP contribution in [0.15, 0.2) is 47.5 Å². The van der Waals surface area contributed by atoms with Gasteiger partial charge < -0.3 is 4.74 Å². The van der Waals surface area contributed by atoms with Crippen molar-refractivity contribution in [3.05, 3.63) is 53.9 Å². The normalized spacial score (nSPS) is 12.9. The Labute approximate surface area is 131 Å². The van der Waals surface area contributed by atoms with Crippen molar-refractivity contribution < 1.29 is 13.2 Å². The molecule has 118 valence electrons. The molecule has 1 atom stereocenters. The van der Waals surface area contributed by atoms with E-state index in [0.29, 0.717) is 12.2 Å². The zero-order valence-electron chi connectivity index (χ0n) is 12.9. The van der Waals surface area contributed by atoms with Crippen molar-refractivity contribution in [3.8, 4) is 5.75 Å². The first-order valence-corrected chi connectivity index (χ1v) is 8.47. The molecule has 0 fully saturated rings. The van der Waals surface area contributed by atoms with E-state index >= 15 is 0 Å². The summed E-state index contributed by atoms with van der Waals surface area (Å²) in [6.07, 6.45) is 2.23. The van der Waals surface area contributed by atoms with Crippen LogP contribution >= 0.6 is 0 Å². The maximum Gasteiger partial charge on any atom is 0.240 e. The number of pyridine rings is 1. The second kappa shape index (κ2) is 6.89. The smallest absolute Gasteiger partial charge is 0.240 e. The number of benzene rings is 1. The first kappa shape index (κ1) is 16.5. The Bertz CT molecular complexity index is 730. The highest BCUT2D eigenvalue weighted by molar-refractivity contribution is 7.89. The lowest BCUT2D eigenvalue weighted by atomic mass is 10.2. The molecule has 2 rings (SSSR count). The summed E-state index contributed by atoms with van der Waals surface area (Å²) in [6, 6.07) is 10.2. The van der Waals surface area contributed by atoms with Crippen molar-refractivity contribution in [2.75, 3.05) is 7.11 Å². The second-order valence-electron chi connectivity index (χ2n) is 5.18. The fourth-order valence-corrected chi connectivity index (χ4v) is 3.55. The number of sulfonamides is 1. The lowest BCUT2D eigenvalue weighted by molar-refractivity contribution is 0.411. The van der Waals surface area contributed by atoms with Crippen LogP contribution in [0.2, 0.25) is 0 Å². The quantitative estimate of drug-likeness (QED) is 0.887. The van der Waals surface area contributed by atoms with E-state index in [-0.39, 0.29) is 10.9 Å². The van der Waals surface area contributed by atoms with Gasteiger partial charge in [-0.25, -0.2) is 13.1 Å². The molecule has 5 nitrogen and oxygen atoms in total. The van der Waals surface area contributed by atoms with Gasteiger partial charge in [-0.15, -0.1) is 0 Å². The standard InChI is InChI=1S/C16H20N2O3S/c1-12-10-15(7-8-16(12)21-3)22(19,20)18-13(2)11-14-6-4-5-9-17-14/h4-10,13,18H,11H2,1-3H3. The summed E-state index contributed by atoms with van der Waals surface area (Å²) in [6.45, 7) is 3.64. The lowest BCUT2D eigenvalue weighted by Gasteiger charge is -2.15. The van der Waals surface area contributed by atoms with E-state index < -0.39 is 10.0 Å². The first-order valence-electron chi connectivity index (χ1n) is 6.99. The molecule has 0 aliphatic heterocycles. The molecule has 1 heterocycles. The Morgan fingerprint density at radius 3 is 2.64 bits per heavy atom. The zero-order valence-corrected chi connectivity index (χ0v) is 13.7. The minimum absolute atomic E-state index is 0.235. The molecule has 1 unspecified atom stereocenters. The average Bonchev–Trinajstić information content (AvgIpc) is 2.47. The number of nitrogens with one attached hydrogen (secondary N) is 1. The molecule has 1 aromatic heterocycles. The molecule has 6 heteroatoms. The molecule has 0 aliphatic carbocycles. The average molecular weight is 320 g/mol. The Kier molecular flexibility index (Phi) is 5.15. The second-order valence-corrected chi connectivity index (χ2v) is 6.89. The molecule has 2 aromatic rings. The van der Waals surface area contributed by atoms with Gasteiger partial charge in [0.25, 0.3) is 0 Å². The summed E-state index contributed by atoms with van der Waals surface area (Å²) in [5.41, 5.74) is 1.63. The maximum absolute atomic E-state index is 12.4. The van der Waals surface area contributed by atoms with Gasteiger partial charge in [-0.3, -0.25) is 4.98 Å². The third-order valence-corrected chi connectivity index (χ3v) is 4.86. The predicted octanol–water partition coefficient (Wildman–Crippen LogP) is 2.31. The van der Waals surface area contributed by atoms with Crippen LogP contribution in [0.5, 0.6) is 5.75 Å². The summed E-state index contributed by atoms with van der Waals surface area (Å²) < 4.78 is 32.7. The van der Waals surface area contributed by atoms with Crippen LogP contribution in [-0.2, 0) is 16.4 Å². The van der Waals surface area contributed by atoms with Crippen molar-refractivity contribution in [1.29, 1.82) is 0 Å². The molecule has 0 radical (unpaired) electrons. The van der Waals surface area contributed by atoms with Gasteiger partial charge in [-0.1, -0.05) is 6.07 Å². The van der Waals surface area contributed by atoms with E-state index in [2.05, 4.69) is 9.71 Å². The van der Waals surface area contributed by atoms with Crippen LogP contribution in [0.4, 0.5) is 0 Å². The molecule has 0 spiro atoms. The molecule has 22 heavy (non-hydrogen) atoms. The predicted molar refractivity (Wildman–Crippen MR) is 85.5 cm³/mol. The molecule has 1 aromatic carbocycles. The van der Waals surface area contributed by atoms with Gasteiger partial charge in [0, 0.05) is 24.4 Å². The van der Waals surface area contributed by atoms with Gasteiger partial charge in [0.2, 0.25) is 10.0 Å². The number of hydrogen-bond donors (Lipinski definition) is 1. The van der Waals surface area contributed by atoms with E-state index in [1.54, 1.807) is 31.5 Å². The SMILES string of the molecule is COc1ccc(S(=O)(=O)NC(C)Cc2ccccn2)cc1C.